The van der Waals surface area contributed by atoms with E-state index in [9.17, 15) is 4.79 Å². The highest BCUT2D eigenvalue weighted by Crippen LogP contribution is 2.15. The molecule has 1 unspecified atom stereocenters. The predicted molar refractivity (Wildman–Crippen MR) is 90.5 cm³/mol. The van der Waals surface area contributed by atoms with Crippen LogP contribution in [0.2, 0.25) is 0 Å². The van der Waals surface area contributed by atoms with Crippen LogP contribution in [0, 0.1) is 6.92 Å². The van der Waals surface area contributed by atoms with Crippen LogP contribution < -0.4 is 10.7 Å². The highest BCUT2D eigenvalue weighted by Gasteiger charge is 2.10. The molecule has 0 amide bonds. The molecule has 22 heavy (non-hydrogen) atoms. The molecule has 0 saturated heterocycles. The van der Waals surface area contributed by atoms with Crippen molar-refractivity contribution < 1.29 is 0 Å². The summed E-state index contributed by atoms with van der Waals surface area (Å²) >= 11 is 0. The van der Waals surface area contributed by atoms with E-state index in [1.807, 2.05) is 23.7 Å². The Morgan fingerprint density at radius 1 is 1.27 bits per heavy atom. The highest BCUT2D eigenvalue weighted by atomic mass is 16.1. The van der Waals surface area contributed by atoms with Gasteiger partial charge in [0.15, 0.2) is 0 Å². The average Bonchev–Trinajstić information content (AvgIpc) is 2.53. The van der Waals surface area contributed by atoms with Crippen molar-refractivity contribution in [2.75, 3.05) is 0 Å². The van der Waals surface area contributed by atoms with Crippen LogP contribution in [0.5, 0.6) is 0 Å². The third kappa shape index (κ3) is 3.63. The smallest absolute Gasteiger partial charge is 0.204 e. The zero-order valence-corrected chi connectivity index (χ0v) is 13.9. The van der Waals surface area contributed by atoms with Crippen LogP contribution in [0.1, 0.15) is 44.1 Å². The topological polar surface area (TPSA) is 46.9 Å². The van der Waals surface area contributed by atoms with Crippen molar-refractivity contribution in [3.63, 3.8) is 0 Å². The minimum Gasteiger partial charge on any atom is -0.308 e. The minimum atomic E-state index is -0.00136. The lowest BCUT2D eigenvalue weighted by atomic mass is 10.1. The van der Waals surface area contributed by atoms with Gasteiger partial charge in [-0.25, -0.2) is 4.68 Å². The number of rotatable bonds is 6. The molecule has 0 radical (unpaired) electrons. The van der Waals surface area contributed by atoms with E-state index < -0.39 is 0 Å². The largest absolute Gasteiger partial charge is 0.308 e. The zero-order chi connectivity index (χ0) is 16.1. The van der Waals surface area contributed by atoms with Gasteiger partial charge in [0, 0.05) is 24.3 Å². The second-order valence-corrected chi connectivity index (χ2v) is 5.68. The maximum absolute atomic E-state index is 12.2. The fourth-order valence-electron chi connectivity index (χ4n) is 2.38. The Morgan fingerprint density at radius 2 is 2.00 bits per heavy atom. The van der Waals surface area contributed by atoms with E-state index in [0.717, 1.165) is 24.2 Å². The number of hydrogen-bond donors (Lipinski definition) is 1. The van der Waals surface area contributed by atoms with Crippen molar-refractivity contribution in [1.29, 1.82) is 0 Å². The van der Waals surface area contributed by atoms with Gasteiger partial charge in [-0.3, -0.25) is 4.79 Å². The summed E-state index contributed by atoms with van der Waals surface area (Å²) in [6.45, 7) is 8.78. The van der Waals surface area contributed by atoms with Gasteiger partial charge in [-0.15, -0.1) is 0 Å². The lowest BCUT2D eigenvalue weighted by Crippen LogP contribution is -2.29. The van der Waals surface area contributed by atoms with Crippen molar-refractivity contribution in [2.45, 2.75) is 53.1 Å². The first kappa shape index (κ1) is 16.4. The van der Waals surface area contributed by atoms with Crippen LogP contribution in [0.3, 0.4) is 0 Å². The maximum atomic E-state index is 12.2. The SMILES string of the molecule is CCc1ccccc1-n1nc(CNC(C)CC)c(=O)cc1C. The molecule has 0 spiro atoms. The Kier molecular flexibility index (Phi) is 5.50. The van der Waals surface area contributed by atoms with E-state index in [-0.39, 0.29) is 5.43 Å². The monoisotopic (exact) mass is 299 g/mol. The van der Waals surface area contributed by atoms with Crippen LogP contribution in [0.15, 0.2) is 35.1 Å². The summed E-state index contributed by atoms with van der Waals surface area (Å²) in [4.78, 5) is 12.2. The van der Waals surface area contributed by atoms with Gasteiger partial charge in [0.25, 0.3) is 0 Å². The van der Waals surface area contributed by atoms with Crippen LogP contribution in [-0.2, 0) is 13.0 Å². The molecule has 1 heterocycles. The van der Waals surface area contributed by atoms with E-state index in [2.05, 4.69) is 43.3 Å². The molecule has 0 aliphatic heterocycles. The number of nitrogens with one attached hydrogen (secondary N) is 1. The Balaban J connectivity index is 2.42. The molecule has 4 nitrogen and oxygen atoms in total. The van der Waals surface area contributed by atoms with Crippen molar-refractivity contribution in [3.8, 4) is 5.69 Å². The number of aromatic nitrogens is 2. The molecule has 0 saturated carbocycles. The Bertz CT molecular complexity index is 691. The van der Waals surface area contributed by atoms with Gasteiger partial charge >= 0.3 is 0 Å². The summed E-state index contributed by atoms with van der Waals surface area (Å²) < 4.78 is 1.88. The van der Waals surface area contributed by atoms with Crippen molar-refractivity contribution in [2.24, 2.45) is 0 Å². The number of nitrogens with zero attached hydrogens (tertiary/aromatic N) is 2. The van der Waals surface area contributed by atoms with Crippen LogP contribution in [0.25, 0.3) is 5.69 Å². The van der Waals surface area contributed by atoms with Crippen molar-refractivity contribution >= 4 is 0 Å². The van der Waals surface area contributed by atoms with E-state index in [1.165, 1.54) is 5.56 Å². The van der Waals surface area contributed by atoms with Gasteiger partial charge in [0.05, 0.1) is 5.69 Å². The molecule has 2 rings (SSSR count). The van der Waals surface area contributed by atoms with Gasteiger partial charge in [0.2, 0.25) is 5.43 Å². The summed E-state index contributed by atoms with van der Waals surface area (Å²) in [5.41, 5.74) is 3.70. The fourth-order valence-corrected chi connectivity index (χ4v) is 2.38. The first-order valence-corrected chi connectivity index (χ1v) is 7.98. The number of hydrogen-bond acceptors (Lipinski definition) is 3. The molecule has 0 bridgehead atoms. The number of benzene rings is 1. The summed E-state index contributed by atoms with van der Waals surface area (Å²) in [5.74, 6) is 0. The van der Waals surface area contributed by atoms with Crippen LogP contribution >= 0.6 is 0 Å². The van der Waals surface area contributed by atoms with Gasteiger partial charge < -0.3 is 5.32 Å². The summed E-state index contributed by atoms with van der Waals surface area (Å²) in [7, 11) is 0. The third-order valence-corrected chi connectivity index (χ3v) is 4.01. The Morgan fingerprint density at radius 3 is 2.68 bits per heavy atom. The van der Waals surface area contributed by atoms with Crippen molar-refractivity contribution in [1.82, 2.24) is 15.1 Å². The first-order chi connectivity index (χ1) is 10.6. The van der Waals surface area contributed by atoms with Gasteiger partial charge in [-0.1, -0.05) is 32.0 Å². The molecular weight excluding hydrogens is 274 g/mol. The first-order valence-electron chi connectivity index (χ1n) is 7.98. The van der Waals surface area contributed by atoms with Gasteiger partial charge in [0.1, 0.15) is 5.69 Å². The zero-order valence-electron chi connectivity index (χ0n) is 13.9. The van der Waals surface area contributed by atoms with E-state index in [4.69, 9.17) is 0 Å². The summed E-state index contributed by atoms with van der Waals surface area (Å²) in [5, 5.41) is 7.94. The maximum Gasteiger partial charge on any atom is 0.204 e. The normalized spacial score (nSPS) is 12.4. The molecule has 1 N–H and O–H groups in total. The number of para-hydroxylation sites is 1. The molecule has 0 aliphatic rings. The summed E-state index contributed by atoms with van der Waals surface area (Å²) in [6, 6.07) is 10.2. The fraction of sp³-hybridized carbons (Fsp3) is 0.444. The molecule has 1 aromatic heterocycles. The van der Waals surface area contributed by atoms with E-state index in [0.29, 0.717) is 18.3 Å². The highest BCUT2D eigenvalue weighted by molar-refractivity contribution is 5.41. The average molecular weight is 299 g/mol. The second kappa shape index (κ2) is 7.36. The molecule has 1 atom stereocenters. The van der Waals surface area contributed by atoms with Gasteiger partial charge in [-0.05, 0) is 38.3 Å². The standard InChI is InChI=1S/C18H25N3O/c1-5-13(3)19-12-16-18(22)11-14(4)21(20-16)17-10-8-7-9-15(17)6-2/h7-11,13,19H,5-6,12H2,1-4H3. The van der Waals surface area contributed by atoms with Crippen LogP contribution in [-0.4, -0.2) is 15.8 Å². The molecule has 0 fully saturated rings. The third-order valence-electron chi connectivity index (χ3n) is 4.01. The van der Waals surface area contributed by atoms with Crippen LogP contribution in [0.4, 0.5) is 0 Å². The number of aryl methyl sites for hydroxylation is 2. The molecule has 118 valence electrons. The predicted octanol–water partition coefficient (Wildman–Crippen LogP) is 2.99. The molecule has 0 aliphatic carbocycles. The molecule has 4 heteroatoms. The van der Waals surface area contributed by atoms with Gasteiger partial charge in [-0.2, -0.15) is 5.10 Å². The Labute approximate surface area is 132 Å². The quantitative estimate of drug-likeness (QED) is 0.892. The van der Waals surface area contributed by atoms with Crippen molar-refractivity contribution in [3.05, 3.63) is 57.5 Å². The molecular formula is C18H25N3O. The summed E-state index contributed by atoms with van der Waals surface area (Å²) in [6.07, 6.45) is 1.96. The minimum absolute atomic E-state index is 0.00136. The second-order valence-electron chi connectivity index (χ2n) is 5.68. The lowest BCUT2D eigenvalue weighted by Gasteiger charge is -2.15. The van der Waals surface area contributed by atoms with E-state index in [1.54, 1.807) is 6.07 Å². The molecule has 1 aromatic carbocycles. The van der Waals surface area contributed by atoms with E-state index >= 15 is 0 Å². The molecule has 2 aromatic rings. The Hall–Kier alpha value is -1.94. The lowest BCUT2D eigenvalue weighted by molar-refractivity contribution is 0.521.